The number of likely N-dealkylation sites (tertiary alicyclic amines) is 4. The summed E-state index contributed by atoms with van der Waals surface area (Å²) in [6.45, 7) is 14.1. The minimum absolute atomic E-state index is 0.00951. The number of halogens is 3. The molecule has 4 fully saturated rings. The predicted octanol–water partition coefficient (Wildman–Crippen LogP) is 11.8. The average molecular weight is 1880 g/mol. The van der Waals surface area contributed by atoms with Crippen LogP contribution >= 0.6 is 31.9 Å². The third kappa shape index (κ3) is 18.7. The summed E-state index contributed by atoms with van der Waals surface area (Å²) in [6, 6.07) is 27.5. The highest BCUT2D eigenvalue weighted by molar-refractivity contribution is 9.10. The molecule has 4 aliphatic rings. The van der Waals surface area contributed by atoms with Crippen molar-refractivity contribution in [3.8, 4) is 51.7 Å². The van der Waals surface area contributed by atoms with Crippen LogP contribution in [0.1, 0.15) is 175 Å². The van der Waals surface area contributed by atoms with Crippen molar-refractivity contribution in [3.05, 3.63) is 266 Å². The number of phenols is 8. The van der Waals surface area contributed by atoms with Gasteiger partial charge < -0.3 is 124 Å². The Morgan fingerprint density at radius 3 is 0.992 bits per heavy atom. The van der Waals surface area contributed by atoms with Crippen LogP contribution < -0.4 is 26.5 Å². The van der Waals surface area contributed by atoms with Gasteiger partial charge in [0.05, 0.1) is 58.3 Å². The topological polar surface area (TPSA) is 467 Å². The number of aryl methyl sites for hydroxylation is 6. The summed E-state index contributed by atoms with van der Waals surface area (Å²) in [5, 5.41) is 170. The van der Waals surface area contributed by atoms with E-state index in [2.05, 4.69) is 31.9 Å². The number of phenolic OH excluding ortho intramolecular Hbond substituents is 8. The van der Waals surface area contributed by atoms with Crippen LogP contribution in [0.15, 0.2) is 155 Å². The summed E-state index contributed by atoms with van der Waals surface area (Å²) in [5.41, 5.74) is 1.87. The van der Waals surface area contributed by atoms with E-state index in [4.69, 9.17) is 22.4 Å². The van der Waals surface area contributed by atoms with Crippen molar-refractivity contribution < 1.29 is 109 Å². The Morgan fingerprint density at radius 2 is 0.685 bits per heavy atom. The monoisotopic (exact) mass is 1880 g/mol. The fraction of sp³-hybridized carbons (Fsp3) is 0.368. The lowest BCUT2D eigenvalue weighted by Gasteiger charge is -2.34. The predicted molar refractivity (Wildman–Crippen MR) is 479 cm³/mol. The third-order valence-corrected chi connectivity index (χ3v) is 26.0. The van der Waals surface area contributed by atoms with Gasteiger partial charge >= 0.3 is 0 Å². The zero-order chi connectivity index (χ0) is 92.2. The number of rotatable bonds is 13. The van der Waals surface area contributed by atoms with Gasteiger partial charge in [0.15, 0.2) is 0 Å². The minimum Gasteiger partial charge on any atom is -0.507 e. The molecule has 0 aliphatic carbocycles. The smallest absolute Gasteiger partial charge is 0.202 e. The van der Waals surface area contributed by atoms with Crippen LogP contribution in [0.5, 0.6) is 51.7 Å². The Kier molecular flexibility index (Phi) is 28.3. The van der Waals surface area contributed by atoms with E-state index in [1.54, 1.807) is 94.4 Å². The number of aliphatic hydroxyl groups excluding tert-OH is 8. The number of aliphatic hydroxyl groups is 8. The molecule has 674 valence electrons. The molecule has 12 unspecified atom stereocenters. The Hall–Kier alpha value is -10.8. The number of β-amino-alcohol motifs (C(OH)–C–C–N with tert-alkyl or cyclic N) is 4. The molecule has 29 nitrogen and oxygen atoms in total. The highest BCUT2D eigenvalue weighted by Gasteiger charge is 2.40. The normalized spacial score (nSPS) is 20.6. The van der Waals surface area contributed by atoms with Crippen LogP contribution in [0.4, 0.5) is 4.39 Å². The van der Waals surface area contributed by atoms with E-state index in [1.807, 2.05) is 60.8 Å². The number of fused-ring (bicyclic) bond motifs is 4. The Morgan fingerprint density at radius 1 is 0.370 bits per heavy atom. The summed E-state index contributed by atoms with van der Waals surface area (Å²) < 4.78 is 44.1. The summed E-state index contributed by atoms with van der Waals surface area (Å²) >= 11 is 6.76. The standard InChI is InChI=1S/C24H26BrNO7.C24H26FNO6.C24H27NO6.C23H24BrNO6/c1-11-19(22(30)12-4-5-18(32-3)14(25)8-12)23(31)21-16(28)9-15(27)20(24(21)33-11)13-6-7-26(2)10-17(13)29;1-11-6-13(8-14(25)7-11)22(30)19-12(2)32-24-20(15-4-5-26(3)10-18(15)29)16(27)9-17(28)21(24)23(19)31;1-12-5-4-6-14(9-12)22(29)19-13(2)31-24-20(15-7-8-25(3)11-18(15)28)16(26)10-17(27)21(24)23(19)30;1-11-18(21(29)12-5-3-4-6-14(12)24)22(30)20-16(27)9-15(26)19(23(20)31-11)13-7-8-25(2)10-17(13)28/h4-5,8-9,13,17,22,27-30H,6-7,10H2,1-3H3;6-9,15,18,22,27-30H,4-5,10H2,1-3H3;4-6,9-10,15,18,22,26-29H,7-8,11H2,1-3H3;3-6,9,13,17,21,26-29H,7-8,10H2,1-2H3. The van der Waals surface area contributed by atoms with Crippen molar-refractivity contribution >= 4 is 75.7 Å². The van der Waals surface area contributed by atoms with E-state index >= 15 is 0 Å². The van der Waals surface area contributed by atoms with Crippen molar-refractivity contribution in [1.82, 2.24) is 19.6 Å². The molecule has 0 amide bonds. The lowest BCUT2D eigenvalue weighted by atomic mass is 9.85. The summed E-state index contributed by atoms with van der Waals surface area (Å²) in [5.74, 6) is -4.06. The Balaban J connectivity index is 0.000000145. The number of benzene rings is 8. The molecule has 0 saturated carbocycles. The summed E-state index contributed by atoms with van der Waals surface area (Å²) in [7, 11) is 9.09. The van der Waals surface area contributed by atoms with Gasteiger partial charge in [-0.2, -0.15) is 0 Å². The van der Waals surface area contributed by atoms with Crippen LogP contribution in [-0.4, -0.2) is 213 Å². The highest BCUT2D eigenvalue weighted by Crippen LogP contribution is 2.49. The SMILES string of the molecule is COc1ccc(C(O)c2c(C)oc3c(C4CCN(C)CC4O)c(O)cc(O)c3c2=O)cc1Br.Cc1cc(F)cc(C(O)c2c(C)oc3c(C4CCN(C)CC4O)c(O)cc(O)c3c2=O)c1.Cc1cccc(C(O)c2c(C)oc3c(C4CCN(C)CC4O)c(O)cc(O)c3c2=O)c1.Cc1oc2c(C3CCN(C)CC3O)c(O)cc(O)c2c(=O)c1C(O)c1ccccc1Br. The number of aromatic hydroxyl groups is 8. The summed E-state index contributed by atoms with van der Waals surface area (Å²) in [6.07, 6.45) is -6.26. The van der Waals surface area contributed by atoms with E-state index in [1.165, 1.54) is 20.1 Å². The molecule has 8 heterocycles. The molecule has 4 aliphatic heterocycles. The maximum Gasteiger partial charge on any atom is 0.202 e. The highest BCUT2D eigenvalue weighted by atomic mass is 79.9. The molecule has 4 aromatic heterocycles. The molecule has 8 aromatic carbocycles. The molecule has 12 aromatic rings. The molecule has 0 bridgehead atoms. The lowest BCUT2D eigenvalue weighted by Crippen LogP contribution is -2.40. The van der Waals surface area contributed by atoms with E-state index in [0.29, 0.717) is 126 Å². The molecular formula is C95H103Br2FN4O25. The van der Waals surface area contributed by atoms with Crippen LogP contribution in [0.25, 0.3) is 43.9 Å². The zero-order valence-corrected chi connectivity index (χ0v) is 74.7. The Bertz CT molecular complexity index is 6460. The third-order valence-electron chi connectivity index (χ3n) is 24.7. The second-order valence-corrected chi connectivity index (χ2v) is 35.3. The number of methoxy groups -OCH3 is 1. The van der Waals surface area contributed by atoms with Crippen LogP contribution in [0.3, 0.4) is 0 Å². The lowest BCUT2D eigenvalue weighted by molar-refractivity contribution is 0.0629. The van der Waals surface area contributed by atoms with Crippen molar-refractivity contribution in [2.24, 2.45) is 0 Å². The summed E-state index contributed by atoms with van der Waals surface area (Å²) in [4.78, 5) is 61.7. The van der Waals surface area contributed by atoms with E-state index in [0.717, 1.165) is 35.9 Å². The first-order valence-electron chi connectivity index (χ1n) is 41.3. The molecule has 16 N–H and O–H groups in total. The van der Waals surface area contributed by atoms with Crippen molar-refractivity contribution in [3.63, 3.8) is 0 Å². The zero-order valence-electron chi connectivity index (χ0n) is 71.6. The van der Waals surface area contributed by atoms with Crippen LogP contribution in [0.2, 0.25) is 0 Å². The van der Waals surface area contributed by atoms with Gasteiger partial charge in [-0.25, -0.2) is 4.39 Å². The van der Waals surface area contributed by atoms with Crippen LogP contribution in [0, 0.1) is 47.4 Å². The number of hydrogen-bond acceptors (Lipinski definition) is 29. The maximum absolute atomic E-state index is 13.9. The molecule has 12 atom stereocenters. The van der Waals surface area contributed by atoms with E-state index < -0.39 is 123 Å². The van der Waals surface area contributed by atoms with Gasteiger partial charge in [-0.1, -0.05) is 76.1 Å². The number of nitrogens with zero attached hydrogens (tertiary/aromatic N) is 4. The largest absolute Gasteiger partial charge is 0.507 e. The van der Waals surface area contributed by atoms with Crippen molar-refractivity contribution in [2.75, 3.05) is 87.7 Å². The fourth-order valence-electron chi connectivity index (χ4n) is 18.3. The Labute approximate surface area is 744 Å². The number of hydrogen-bond donors (Lipinski definition) is 16. The second kappa shape index (κ2) is 38.3. The number of likely N-dealkylation sites (N-methyl/N-ethyl adjacent to an activating group) is 4. The molecule has 32 heteroatoms. The van der Waals surface area contributed by atoms with Crippen molar-refractivity contribution in [1.29, 1.82) is 0 Å². The quantitative estimate of drug-likeness (QED) is 0.0510. The molecular weight excluding hydrogens is 1780 g/mol. The minimum atomic E-state index is -1.48. The van der Waals surface area contributed by atoms with E-state index in [-0.39, 0.29) is 129 Å². The average Bonchev–Trinajstić information content (AvgIpc) is 0.758. The molecule has 16 rings (SSSR count). The molecule has 0 radical (unpaired) electrons. The van der Waals surface area contributed by atoms with Gasteiger partial charge in [0.2, 0.25) is 21.7 Å². The fourth-order valence-corrected chi connectivity index (χ4v) is 19.3. The molecule has 4 saturated heterocycles. The number of piperidine rings is 4. The van der Waals surface area contributed by atoms with Gasteiger partial charge in [0, 0.05) is 101 Å². The first-order valence-corrected chi connectivity index (χ1v) is 42.9. The van der Waals surface area contributed by atoms with Crippen molar-refractivity contribution in [2.45, 2.75) is 140 Å². The van der Waals surface area contributed by atoms with Gasteiger partial charge in [-0.15, -0.1) is 0 Å². The maximum atomic E-state index is 13.9. The van der Waals surface area contributed by atoms with Crippen LogP contribution in [-0.2, 0) is 0 Å². The molecule has 0 spiro atoms. The molecule has 127 heavy (non-hydrogen) atoms. The van der Waals surface area contributed by atoms with Gasteiger partial charge in [0.25, 0.3) is 0 Å². The second-order valence-electron chi connectivity index (χ2n) is 33.6. The van der Waals surface area contributed by atoms with Gasteiger partial charge in [-0.05, 0) is 196 Å². The first-order chi connectivity index (χ1) is 60.1. The van der Waals surface area contributed by atoms with Gasteiger partial charge in [-0.3, -0.25) is 19.2 Å². The first kappa shape index (κ1) is 93.8. The van der Waals surface area contributed by atoms with Gasteiger partial charge in [0.1, 0.15) is 149 Å². The number of ether oxygens (including phenoxy) is 1. The van der Waals surface area contributed by atoms with E-state index in [9.17, 15) is 105 Å².